The van der Waals surface area contributed by atoms with E-state index in [9.17, 15) is 9.59 Å². The predicted molar refractivity (Wildman–Crippen MR) is 51.5 cm³/mol. The Labute approximate surface area is 83.9 Å². The lowest BCUT2D eigenvalue weighted by atomic mass is 9.94. The van der Waals surface area contributed by atoms with Gasteiger partial charge in [-0.25, -0.2) is 0 Å². The lowest BCUT2D eigenvalue weighted by Gasteiger charge is -2.16. The molecule has 14 heavy (non-hydrogen) atoms. The minimum absolute atomic E-state index is 0.222. The lowest BCUT2D eigenvalue weighted by Crippen LogP contribution is -2.31. The van der Waals surface area contributed by atoms with Gasteiger partial charge < -0.3 is 9.47 Å². The molecule has 0 bridgehead atoms. The van der Waals surface area contributed by atoms with Crippen LogP contribution < -0.4 is 0 Å². The van der Waals surface area contributed by atoms with Gasteiger partial charge in [0.15, 0.2) is 5.92 Å². The van der Waals surface area contributed by atoms with Crippen molar-refractivity contribution in [3.8, 4) is 0 Å². The Kier molecular flexibility index (Phi) is 5.60. The molecular weight excluding hydrogens is 184 g/mol. The predicted octanol–water partition coefficient (Wildman–Crippen LogP) is 1.16. The van der Waals surface area contributed by atoms with E-state index in [0.717, 1.165) is 0 Å². The fraction of sp³-hybridized carbons (Fsp3) is 0.600. The van der Waals surface area contributed by atoms with Crippen LogP contribution in [0.25, 0.3) is 0 Å². The molecule has 1 unspecified atom stereocenters. The van der Waals surface area contributed by atoms with Gasteiger partial charge in [0.1, 0.15) is 0 Å². The van der Waals surface area contributed by atoms with Crippen LogP contribution in [0.2, 0.25) is 0 Å². The average molecular weight is 200 g/mol. The van der Waals surface area contributed by atoms with Gasteiger partial charge in [0.2, 0.25) is 0 Å². The van der Waals surface area contributed by atoms with Crippen LogP contribution in [-0.2, 0) is 19.1 Å². The van der Waals surface area contributed by atoms with Crippen LogP contribution in [0.5, 0.6) is 0 Å². The third kappa shape index (κ3) is 3.20. The molecule has 1 atom stereocenters. The molecule has 4 nitrogen and oxygen atoms in total. The standard InChI is InChI=1S/C10H16O4/c1-5-6-7(2)8(9(11)13-3)10(12)14-4/h5-8H,1-4H3. The van der Waals surface area contributed by atoms with Crippen LogP contribution in [-0.4, -0.2) is 26.2 Å². The SMILES string of the molecule is CC=CC(C)C(C(=O)OC)C(=O)OC. The number of carbonyl (C=O) groups excluding carboxylic acids is 2. The Bertz CT molecular complexity index is 216. The third-order valence-corrected chi connectivity index (χ3v) is 1.93. The largest absolute Gasteiger partial charge is 0.468 e. The molecule has 0 aliphatic rings. The fourth-order valence-electron chi connectivity index (χ4n) is 1.19. The summed E-state index contributed by atoms with van der Waals surface area (Å²) in [4.78, 5) is 22.5. The molecule has 0 rings (SSSR count). The van der Waals surface area contributed by atoms with Crippen molar-refractivity contribution in [1.82, 2.24) is 0 Å². The second-order valence-electron chi connectivity index (χ2n) is 2.91. The molecule has 0 fully saturated rings. The van der Waals surface area contributed by atoms with Crippen LogP contribution in [0.15, 0.2) is 12.2 Å². The molecule has 0 saturated carbocycles. The Morgan fingerprint density at radius 1 is 1.14 bits per heavy atom. The number of hydrogen-bond acceptors (Lipinski definition) is 4. The minimum atomic E-state index is -0.874. The molecule has 80 valence electrons. The van der Waals surface area contributed by atoms with Crippen molar-refractivity contribution >= 4 is 11.9 Å². The van der Waals surface area contributed by atoms with E-state index in [1.807, 2.05) is 6.92 Å². The molecule has 0 saturated heterocycles. The summed E-state index contributed by atoms with van der Waals surface area (Å²) in [6.07, 6.45) is 3.54. The number of carbonyl (C=O) groups is 2. The number of ether oxygens (including phenoxy) is 2. The fourth-order valence-corrected chi connectivity index (χ4v) is 1.19. The molecule has 0 spiro atoms. The summed E-state index contributed by atoms with van der Waals surface area (Å²) in [7, 11) is 2.50. The number of allylic oxidation sites excluding steroid dienone is 2. The summed E-state index contributed by atoms with van der Waals surface area (Å²) < 4.78 is 9.06. The van der Waals surface area contributed by atoms with Crippen LogP contribution in [0.4, 0.5) is 0 Å². The molecule has 0 heterocycles. The van der Waals surface area contributed by atoms with Crippen molar-refractivity contribution < 1.29 is 19.1 Å². The van der Waals surface area contributed by atoms with E-state index in [1.165, 1.54) is 14.2 Å². The van der Waals surface area contributed by atoms with Crippen LogP contribution in [0.3, 0.4) is 0 Å². The normalized spacial score (nSPS) is 12.9. The van der Waals surface area contributed by atoms with Crippen molar-refractivity contribution in [3.63, 3.8) is 0 Å². The Hall–Kier alpha value is -1.32. The summed E-state index contributed by atoms with van der Waals surface area (Å²) in [5, 5.41) is 0. The number of rotatable bonds is 4. The highest BCUT2D eigenvalue weighted by Gasteiger charge is 2.32. The zero-order chi connectivity index (χ0) is 11.1. The van der Waals surface area contributed by atoms with Crippen LogP contribution in [0.1, 0.15) is 13.8 Å². The van der Waals surface area contributed by atoms with Gasteiger partial charge >= 0.3 is 11.9 Å². The monoisotopic (exact) mass is 200 g/mol. The van der Waals surface area contributed by atoms with Gasteiger partial charge in [0, 0.05) is 0 Å². The maximum absolute atomic E-state index is 11.3. The summed E-state index contributed by atoms with van der Waals surface area (Å²) >= 11 is 0. The maximum Gasteiger partial charge on any atom is 0.320 e. The van der Waals surface area contributed by atoms with E-state index in [0.29, 0.717) is 0 Å². The van der Waals surface area contributed by atoms with E-state index in [1.54, 1.807) is 19.1 Å². The minimum Gasteiger partial charge on any atom is -0.468 e. The van der Waals surface area contributed by atoms with Crippen molar-refractivity contribution in [2.24, 2.45) is 11.8 Å². The number of esters is 2. The zero-order valence-electron chi connectivity index (χ0n) is 8.94. The van der Waals surface area contributed by atoms with Gasteiger partial charge in [0.05, 0.1) is 14.2 Å². The molecule has 0 aromatic heterocycles. The molecule has 0 aromatic carbocycles. The van der Waals surface area contributed by atoms with Gasteiger partial charge in [0.25, 0.3) is 0 Å². The Balaban J connectivity index is 4.71. The number of hydrogen-bond donors (Lipinski definition) is 0. The maximum atomic E-state index is 11.3. The Morgan fingerprint density at radius 2 is 1.57 bits per heavy atom. The van der Waals surface area contributed by atoms with Gasteiger partial charge in [-0.1, -0.05) is 19.1 Å². The van der Waals surface area contributed by atoms with Gasteiger partial charge in [-0.15, -0.1) is 0 Å². The molecular formula is C10H16O4. The molecule has 0 amide bonds. The summed E-state index contributed by atoms with van der Waals surface area (Å²) in [5.74, 6) is -2.23. The number of methoxy groups -OCH3 is 2. The van der Waals surface area contributed by atoms with E-state index < -0.39 is 17.9 Å². The molecule has 0 aliphatic heterocycles. The van der Waals surface area contributed by atoms with Gasteiger partial charge in [-0.2, -0.15) is 0 Å². The van der Waals surface area contributed by atoms with E-state index in [4.69, 9.17) is 0 Å². The zero-order valence-corrected chi connectivity index (χ0v) is 8.94. The van der Waals surface area contributed by atoms with Crippen molar-refractivity contribution in [2.75, 3.05) is 14.2 Å². The average Bonchev–Trinajstić information content (AvgIpc) is 2.17. The van der Waals surface area contributed by atoms with Crippen molar-refractivity contribution in [3.05, 3.63) is 12.2 Å². The smallest absolute Gasteiger partial charge is 0.320 e. The van der Waals surface area contributed by atoms with Crippen molar-refractivity contribution in [2.45, 2.75) is 13.8 Å². The van der Waals surface area contributed by atoms with Crippen LogP contribution >= 0.6 is 0 Å². The molecule has 0 N–H and O–H groups in total. The van der Waals surface area contributed by atoms with Crippen molar-refractivity contribution in [1.29, 1.82) is 0 Å². The first-order valence-corrected chi connectivity index (χ1v) is 4.37. The molecule has 0 radical (unpaired) electrons. The highest BCUT2D eigenvalue weighted by molar-refractivity contribution is 5.95. The van der Waals surface area contributed by atoms with E-state index >= 15 is 0 Å². The Morgan fingerprint density at radius 3 is 1.86 bits per heavy atom. The third-order valence-electron chi connectivity index (χ3n) is 1.93. The first-order valence-electron chi connectivity index (χ1n) is 4.37. The quantitative estimate of drug-likeness (QED) is 0.388. The van der Waals surface area contributed by atoms with E-state index in [-0.39, 0.29) is 5.92 Å². The van der Waals surface area contributed by atoms with Gasteiger partial charge in [-0.05, 0) is 12.8 Å². The summed E-state index contributed by atoms with van der Waals surface area (Å²) in [5.41, 5.74) is 0. The first-order chi connectivity index (χ1) is 6.58. The highest BCUT2D eigenvalue weighted by atomic mass is 16.5. The second kappa shape index (κ2) is 6.18. The summed E-state index contributed by atoms with van der Waals surface area (Å²) in [6, 6.07) is 0. The first kappa shape index (κ1) is 12.7. The lowest BCUT2D eigenvalue weighted by molar-refractivity contribution is -0.160. The molecule has 0 aliphatic carbocycles. The molecule has 0 aromatic rings. The van der Waals surface area contributed by atoms with E-state index in [2.05, 4.69) is 9.47 Å². The topological polar surface area (TPSA) is 52.6 Å². The summed E-state index contributed by atoms with van der Waals surface area (Å²) in [6.45, 7) is 3.58. The second-order valence-corrected chi connectivity index (χ2v) is 2.91. The van der Waals surface area contributed by atoms with Gasteiger partial charge in [-0.3, -0.25) is 9.59 Å². The molecule has 4 heteroatoms. The highest BCUT2D eigenvalue weighted by Crippen LogP contribution is 2.16. The van der Waals surface area contributed by atoms with Crippen LogP contribution in [0, 0.1) is 11.8 Å².